The zero-order valence-electron chi connectivity index (χ0n) is 9.42. The lowest BCUT2D eigenvalue weighted by Crippen LogP contribution is -2.27. The Morgan fingerprint density at radius 2 is 2.41 bits per heavy atom. The highest BCUT2D eigenvalue weighted by Crippen LogP contribution is 2.29. The van der Waals surface area contributed by atoms with Gasteiger partial charge in [0.1, 0.15) is 0 Å². The summed E-state index contributed by atoms with van der Waals surface area (Å²) in [5.41, 5.74) is 6.78. The highest BCUT2D eigenvalue weighted by molar-refractivity contribution is 6.01. The second-order valence-corrected chi connectivity index (χ2v) is 3.86. The van der Waals surface area contributed by atoms with E-state index in [-0.39, 0.29) is 18.3 Å². The number of hydrogen-bond acceptors (Lipinski definition) is 5. The zero-order chi connectivity index (χ0) is 12.4. The SMILES string of the molecule is COC(=O)C1CC(=O)N(c2cnccc2N)C1. The van der Waals surface area contributed by atoms with Crippen molar-refractivity contribution in [2.24, 2.45) is 5.92 Å². The number of hydrogen-bond donors (Lipinski definition) is 1. The van der Waals surface area contributed by atoms with Crippen molar-refractivity contribution in [3.05, 3.63) is 18.5 Å². The van der Waals surface area contributed by atoms with Crippen LogP contribution in [0.15, 0.2) is 18.5 Å². The molecule has 0 saturated carbocycles. The maximum absolute atomic E-state index is 11.8. The maximum atomic E-state index is 11.8. The topological polar surface area (TPSA) is 85.5 Å². The van der Waals surface area contributed by atoms with Crippen LogP contribution >= 0.6 is 0 Å². The standard InChI is InChI=1S/C11H13N3O3/c1-17-11(16)7-4-10(15)14(6-7)9-5-13-3-2-8(9)12/h2-3,5,7H,4,6H2,1H3,(H2,12,13). The van der Waals surface area contributed by atoms with Crippen LogP contribution in [0.2, 0.25) is 0 Å². The van der Waals surface area contributed by atoms with Crippen molar-refractivity contribution < 1.29 is 14.3 Å². The predicted molar refractivity (Wildman–Crippen MR) is 61.1 cm³/mol. The molecule has 1 saturated heterocycles. The van der Waals surface area contributed by atoms with Crippen molar-refractivity contribution in [3.8, 4) is 0 Å². The quantitative estimate of drug-likeness (QED) is 0.739. The molecule has 1 aromatic rings. The summed E-state index contributed by atoms with van der Waals surface area (Å²) in [5.74, 6) is -0.935. The van der Waals surface area contributed by atoms with E-state index in [0.29, 0.717) is 17.9 Å². The van der Waals surface area contributed by atoms with Crippen molar-refractivity contribution in [2.45, 2.75) is 6.42 Å². The first-order chi connectivity index (χ1) is 8.13. The summed E-state index contributed by atoms with van der Waals surface area (Å²) >= 11 is 0. The Morgan fingerprint density at radius 1 is 1.65 bits per heavy atom. The largest absolute Gasteiger partial charge is 0.469 e. The molecule has 0 aliphatic carbocycles. The summed E-state index contributed by atoms with van der Waals surface area (Å²) in [6.45, 7) is 0.293. The summed E-state index contributed by atoms with van der Waals surface area (Å²) in [5, 5.41) is 0. The molecular weight excluding hydrogens is 222 g/mol. The van der Waals surface area contributed by atoms with Crippen LogP contribution in [0.4, 0.5) is 11.4 Å². The van der Waals surface area contributed by atoms with Crippen molar-refractivity contribution in [2.75, 3.05) is 24.3 Å². The number of nitrogens with two attached hydrogens (primary N) is 1. The molecule has 0 radical (unpaired) electrons. The smallest absolute Gasteiger partial charge is 0.311 e. The number of carbonyl (C=O) groups is 2. The molecule has 1 aliphatic heterocycles. The Kier molecular flexibility index (Phi) is 2.95. The second kappa shape index (κ2) is 4.40. The van der Waals surface area contributed by atoms with Gasteiger partial charge in [0.15, 0.2) is 0 Å². The summed E-state index contributed by atoms with van der Waals surface area (Å²) in [6.07, 6.45) is 3.23. The van der Waals surface area contributed by atoms with Gasteiger partial charge in [0.25, 0.3) is 0 Å². The van der Waals surface area contributed by atoms with Crippen molar-refractivity contribution in [1.82, 2.24) is 4.98 Å². The van der Waals surface area contributed by atoms with Crippen LogP contribution in [0.1, 0.15) is 6.42 Å². The lowest BCUT2D eigenvalue weighted by atomic mass is 10.1. The minimum absolute atomic E-state index is 0.139. The molecular formula is C11H13N3O3. The van der Waals surface area contributed by atoms with Gasteiger partial charge in [0, 0.05) is 19.2 Å². The van der Waals surface area contributed by atoms with Crippen LogP contribution in [0.25, 0.3) is 0 Å². The number of esters is 1. The van der Waals surface area contributed by atoms with Gasteiger partial charge in [-0.1, -0.05) is 0 Å². The Hall–Kier alpha value is -2.11. The molecule has 1 atom stereocenters. The number of amides is 1. The highest BCUT2D eigenvalue weighted by Gasteiger charge is 2.36. The Labute approximate surface area is 98.4 Å². The lowest BCUT2D eigenvalue weighted by Gasteiger charge is -2.17. The maximum Gasteiger partial charge on any atom is 0.311 e. The zero-order valence-corrected chi connectivity index (χ0v) is 9.42. The third kappa shape index (κ3) is 2.06. The van der Waals surface area contributed by atoms with E-state index < -0.39 is 5.92 Å². The number of methoxy groups -OCH3 is 1. The predicted octanol–water partition coefficient (Wildman–Crippen LogP) is 0.190. The van der Waals surface area contributed by atoms with Gasteiger partial charge in [-0.25, -0.2) is 0 Å². The Morgan fingerprint density at radius 3 is 3.06 bits per heavy atom. The summed E-state index contributed by atoms with van der Waals surface area (Å²) in [7, 11) is 1.31. The molecule has 1 amide bonds. The second-order valence-electron chi connectivity index (χ2n) is 3.86. The van der Waals surface area contributed by atoms with Crippen LogP contribution in [0.5, 0.6) is 0 Å². The molecule has 1 fully saturated rings. The first-order valence-corrected chi connectivity index (χ1v) is 5.21. The molecule has 2 heterocycles. The number of pyridine rings is 1. The summed E-state index contributed by atoms with van der Waals surface area (Å²) < 4.78 is 4.63. The van der Waals surface area contributed by atoms with E-state index in [0.717, 1.165) is 0 Å². The molecule has 1 aromatic heterocycles. The molecule has 0 aromatic carbocycles. The third-order valence-electron chi connectivity index (χ3n) is 2.78. The molecule has 0 bridgehead atoms. The first-order valence-electron chi connectivity index (χ1n) is 5.21. The molecule has 17 heavy (non-hydrogen) atoms. The first kappa shape index (κ1) is 11.4. The number of ether oxygens (including phenoxy) is 1. The van der Waals surface area contributed by atoms with Gasteiger partial charge >= 0.3 is 5.97 Å². The number of anilines is 2. The fourth-order valence-electron chi connectivity index (χ4n) is 1.89. The number of carbonyl (C=O) groups excluding carboxylic acids is 2. The molecule has 90 valence electrons. The Bertz CT molecular complexity index is 461. The molecule has 6 nitrogen and oxygen atoms in total. The van der Waals surface area contributed by atoms with Gasteiger partial charge in [-0.05, 0) is 6.07 Å². The van der Waals surface area contributed by atoms with Crippen molar-refractivity contribution in [1.29, 1.82) is 0 Å². The van der Waals surface area contributed by atoms with Gasteiger partial charge in [-0.2, -0.15) is 0 Å². The minimum atomic E-state index is -0.424. The summed E-state index contributed by atoms with van der Waals surface area (Å²) in [6, 6.07) is 1.62. The molecule has 2 rings (SSSR count). The monoisotopic (exact) mass is 235 g/mol. The normalized spacial score (nSPS) is 19.5. The number of aromatic nitrogens is 1. The van der Waals surface area contributed by atoms with E-state index in [2.05, 4.69) is 9.72 Å². The molecule has 0 spiro atoms. The van der Waals surface area contributed by atoms with Gasteiger partial charge in [0.05, 0.1) is 30.6 Å². The van der Waals surface area contributed by atoms with Crippen LogP contribution < -0.4 is 10.6 Å². The Balaban J connectivity index is 2.22. The highest BCUT2D eigenvalue weighted by atomic mass is 16.5. The van der Waals surface area contributed by atoms with Gasteiger partial charge < -0.3 is 15.4 Å². The molecule has 2 N–H and O–H groups in total. The molecule has 6 heteroatoms. The van der Waals surface area contributed by atoms with Crippen molar-refractivity contribution >= 4 is 23.3 Å². The number of nitrogen functional groups attached to an aromatic ring is 1. The van der Waals surface area contributed by atoms with Crippen LogP contribution in [-0.4, -0.2) is 30.5 Å². The minimum Gasteiger partial charge on any atom is -0.469 e. The fourth-order valence-corrected chi connectivity index (χ4v) is 1.89. The van der Waals surface area contributed by atoms with Gasteiger partial charge in [-0.15, -0.1) is 0 Å². The van der Waals surface area contributed by atoms with E-state index in [4.69, 9.17) is 5.73 Å². The third-order valence-corrected chi connectivity index (χ3v) is 2.78. The van der Waals surface area contributed by atoms with E-state index in [9.17, 15) is 9.59 Å². The summed E-state index contributed by atoms with van der Waals surface area (Å²) in [4.78, 5) is 28.6. The number of rotatable bonds is 2. The lowest BCUT2D eigenvalue weighted by molar-refractivity contribution is -0.145. The van der Waals surface area contributed by atoms with Crippen LogP contribution in [-0.2, 0) is 14.3 Å². The van der Waals surface area contributed by atoms with Crippen LogP contribution in [0, 0.1) is 5.92 Å². The average Bonchev–Trinajstić information content (AvgIpc) is 2.71. The van der Waals surface area contributed by atoms with E-state index in [1.807, 2.05) is 0 Å². The molecule has 1 aliphatic rings. The van der Waals surface area contributed by atoms with E-state index >= 15 is 0 Å². The number of nitrogens with zero attached hydrogens (tertiary/aromatic N) is 2. The molecule has 1 unspecified atom stereocenters. The average molecular weight is 235 g/mol. The van der Waals surface area contributed by atoms with E-state index in [1.165, 1.54) is 18.2 Å². The van der Waals surface area contributed by atoms with Gasteiger partial charge in [0.2, 0.25) is 5.91 Å². The van der Waals surface area contributed by atoms with Gasteiger partial charge in [-0.3, -0.25) is 14.6 Å². The fraction of sp³-hybridized carbons (Fsp3) is 0.364. The van der Waals surface area contributed by atoms with Crippen molar-refractivity contribution in [3.63, 3.8) is 0 Å². The van der Waals surface area contributed by atoms with Crippen LogP contribution in [0.3, 0.4) is 0 Å². The van der Waals surface area contributed by atoms with E-state index in [1.54, 1.807) is 12.3 Å².